The number of ether oxygens (including phenoxy) is 1. The zero-order chi connectivity index (χ0) is 14.5. The molecular weight excluding hydrogens is 275 g/mol. The van der Waals surface area contributed by atoms with Crippen LogP contribution >= 0.6 is 7.92 Å². The molecule has 0 spiro atoms. The van der Waals surface area contributed by atoms with E-state index in [1.54, 1.807) is 12.4 Å². The molecule has 0 aliphatic heterocycles. The number of hydrogen-bond donors (Lipinski definition) is 0. The summed E-state index contributed by atoms with van der Waals surface area (Å²) >= 11 is 0. The van der Waals surface area contributed by atoms with Crippen LogP contribution in [-0.2, 0) is 0 Å². The summed E-state index contributed by atoms with van der Waals surface area (Å²) in [7, 11) is 1.80. The molecular formula is C19H29OP. The minimum Gasteiger partial charge on any atom is -0.497 e. The molecule has 0 amide bonds. The van der Waals surface area contributed by atoms with Gasteiger partial charge in [-0.25, -0.2) is 0 Å². The summed E-state index contributed by atoms with van der Waals surface area (Å²) in [6.45, 7) is 0. The molecule has 0 unspecified atom stereocenters. The lowest BCUT2D eigenvalue weighted by Gasteiger charge is -2.38. The predicted octanol–water partition coefficient (Wildman–Crippen LogP) is 5.47. The van der Waals surface area contributed by atoms with E-state index in [0.29, 0.717) is 0 Å². The van der Waals surface area contributed by atoms with E-state index in [2.05, 4.69) is 24.3 Å². The van der Waals surface area contributed by atoms with Crippen molar-refractivity contribution in [3.63, 3.8) is 0 Å². The van der Waals surface area contributed by atoms with Crippen molar-refractivity contribution in [1.82, 2.24) is 0 Å². The lowest BCUT2D eigenvalue weighted by Crippen LogP contribution is -2.26. The second-order valence-corrected chi connectivity index (χ2v) is 9.48. The van der Waals surface area contributed by atoms with Crippen molar-refractivity contribution in [2.75, 3.05) is 7.11 Å². The van der Waals surface area contributed by atoms with Crippen molar-refractivity contribution in [3.8, 4) is 5.75 Å². The van der Waals surface area contributed by atoms with E-state index >= 15 is 0 Å². The number of benzene rings is 1. The average molecular weight is 304 g/mol. The van der Waals surface area contributed by atoms with Crippen LogP contribution in [0.25, 0.3) is 0 Å². The number of hydrogen-bond acceptors (Lipinski definition) is 1. The normalized spacial score (nSPS) is 21.6. The van der Waals surface area contributed by atoms with Crippen molar-refractivity contribution in [3.05, 3.63) is 24.3 Å². The Kier molecular flexibility index (Phi) is 5.58. The Bertz CT molecular complexity index is 415. The highest BCUT2D eigenvalue weighted by Gasteiger charge is 2.32. The van der Waals surface area contributed by atoms with Crippen molar-refractivity contribution in [2.24, 2.45) is 0 Å². The first-order chi connectivity index (χ1) is 10.4. The van der Waals surface area contributed by atoms with Crippen LogP contribution < -0.4 is 10.0 Å². The van der Waals surface area contributed by atoms with Gasteiger partial charge in [0.05, 0.1) is 7.11 Å². The first-order valence-corrected chi connectivity index (χ1v) is 10.3. The minimum absolute atomic E-state index is 0.00598. The average Bonchev–Trinajstić information content (AvgIpc) is 2.57. The van der Waals surface area contributed by atoms with Crippen molar-refractivity contribution in [1.29, 1.82) is 0 Å². The first-order valence-electron chi connectivity index (χ1n) is 8.81. The molecule has 0 N–H and O–H groups in total. The molecule has 2 aliphatic rings. The maximum absolute atomic E-state index is 5.49. The quantitative estimate of drug-likeness (QED) is 0.670. The molecule has 116 valence electrons. The van der Waals surface area contributed by atoms with Crippen molar-refractivity contribution >= 4 is 13.2 Å². The van der Waals surface area contributed by atoms with Crippen LogP contribution in [0.3, 0.4) is 0 Å². The SMILES string of the molecule is COc1cccc(P(C2CCCCC2)C2CCCCC2)c1. The first kappa shape index (κ1) is 15.3. The molecule has 1 aromatic carbocycles. The fourth-order valence-electron chi connectivity index (χ4n) is 4.21. The van der Waals surface area contributed by atoms with Crippen LogP contribution in [0.5, 0.6) is 5.75 Å². The third kappa shape index (κ3) is 3.81. The summed E-state index contributed by atoms with van der Waals surface area (Å²) in [6.07, 6.45) is 14.6. The van der Waals surface area contributed by atoms with E-state index in [4.69, 9.17) is 4.74 Å². The summed E-state index contributed by atoms with van der Waals surface area (Å²) in [5, 5.41) is 1.61. The Morgan fingerprint density at radius 1 is 0.857 bits per heavy atom. The summed E-state index contributed by atoms with van der Waals surface area (Å²) < 4.78 is 5.49. The molecule has 0 heterocycles. The van der Waals surface area contributed by atoms with Gasteiger partial charge in [0.15, 0.2) is 0 Å². The summed E-state index contributed by atoms with van der Waals surface area (Å²) in [4.78, 5) is 0. The van der Waals surface area contributed by atoms with E-state index < -0.39 is 0 Å². The van der Waals surface area contributed by atoms with Gasteiger partial charge in [-0.05, 0) is 54.4 Å². The van der Waals surface area contributed by atoms with Gasteiger partial charge >= 0.3 is 0 Å². The summed E-state index contributed by atoms with van der Waals surface area (Å²) in [5.41, 5.74) is 1.95. The molecule has 2 heteroatoms. The molecule has 0 bridgehead atoms. The van der Waals surface area contributed by atoms with E-state index in [9.17, 15) is 0 Å². The van der Waals surface area contributed by atoms with Crippen LogP contribution in [0.4, 0.5) is 0 Å². The standard InChI is InChI=1S/C19H29OP/c1-20-16-9-8-14-19(15-16)21(17-10-4-2-5-11-17)18-12-6-3-7-13-18/h8-9,14-15,17-18H,2-7,10-13H2,1H3. The molecule has 1 nitrogen and oxygen atoms in total. The zero-order valence-corrected chi connectivity index (χ0v) is 14.3. The maximum atomic E-state index is 5.49. The summed E-state index contributed by atoms with van der Waals surface area (Å²) in [5.74, 6) is 1.05. The Labute approximate surface area is 131 Å². The Morgan fingerprint density at radius 2 is 1.43 bits per heavy atom. The lowest BCUT2D eigenvalue weighted by molar-refractivity contribution is 0.415. The molecule has 0 radical (unpaired) electrons. The van der Waals surface area contributed by atoms with Gasteiger partial charge in [0.1, 0.15) is 5.75 Å². The van der Waals surface area contributed by atoms with Crippen LogP contribution in [0, 0.1) is 0 Å². The highest BCUT2D eigenvalue weighted by atomic mass is 31.1. The van der Waals surface area contributed by atoms with Gasteiger partial charge in [-0.1, -0.05) is 58.6 Å². The van der Waals surface area contributed by atoms with E-state index in [-0.39, 0.29) is 7.92 Å². The van der Waals surface area contributed by atoms with Crippen molar-refractivity contribution in [2.45, 2.75) is 75.5 Å². The third-order valence-corrected chi connectivity index (χ3v) is 8.77. The van der Waals surface area contributed by atoms with Gasteiger partial charge in [-0.15, -0.1) is 0 Å². The molecule has 2 fully saturated rings. The maximum Gasteiger partial charge on any atom is 0.119 e. The van der Waals surface area contributed by atoms with Crippen LogP contribution in [-0.4, -0.2) is 18.4 Å². The second kappa shape index (κ2) is 7.63. The van der Waals surface area contributed by atoms with E-state index in [1.165, 1.54) is 64.2 Å². The fraction of sp³-hybridized carbons (Fsp3) is 0.684. The smallest absolute Gasteiger partial charge is 0.119 e. The monoisotopic (exact) mass is 304 g/mol. The Balaban J connectivity index is 1.85. The molecule has 2 aliphatic carbocycles. The van der Waals surface area contributed by atoms with Gasteiger partial charge in [0.25, 0.3) is 0 Å². The van der Waals surface area contributed by atoms with Gasteiger partial charge in [0.2, 0.25) is 0 Å². The molecule has 3 rings (SSSR count). The topological polar surface area (TPSA) is 9.23 Å². The van der Waals surface area contributed by atoms with Gasteiger partial charge < -0.3 is 4.74 Å². The van der Waals surface area contributed by atoms with E-state index in [1.807, 2.05) is 0 Å². The van der Waals surface area contributed by atoms with Gasteiger partial charge in [-0.2, -0.15) is 0 Å². The lowest BCUT2D eigenvalue weighted by atomic mass is 9.99. The molecule has 0 saturated heterocycles. The highest BCUT2D eigenvalue weighted by molar-refractivity contribution is 7.67. The second-order valence-electron chi connectivity index (χ2n) is 6.69. The minimum atomic E-state index is 0.00598. The van der Waals surface area contributed by atoms with Crippen molar-refractivity contribution < 1.29 is 4.74 Å². The predicted molar refractivity (Wildman–Crippen MR) is 93.3 cm³/mol. The Morgan fingerprint density at radius 3 is 1.95 bits per heavy atom. The summed E-state index contributed by atoms with van der Waals surface area (Å²) in [6, 6.07) is 9.03. The number of rotatable bonds is 4. The molecule has 0 atom stereocenters. The molecule has 2 saturated carbocycles. The van der Waals surface area contributed by atoms with Crippen LogP contribution in [0.1, 0.15) is 64.2 Å². The van der Waals surface area contributed by atoms with Gasteiger partial charge in [0, 0.05) is 0 Å². The number of methoxy groups -OCH3 is 1. The zero-order valence-electron chi connectivity index (χ0n) is 13.4. The highest BCUT2D eigenvalue weighted by Crippen LogP contribution is 2.55. The van der Waals surface area contributed by atoms with Crippen LogP contribution in [0.15, 0.2) is 24.3 Å². The third-order valence-electron chi connectivity index (χ3n) is 5.29. The Hall–Kier alpha value is -0.550. The molecule has 1 aromatic rings. The van der Waals surface area contributed by atoms with Crippen LogP contribution in [0.2, 0.25) is 0 Å². The van der Waals surface area contributed by atoms with Gasteiger partial charge in [-0.3, -0.25) is 0 Å². The largest absolute Gasteiger partial charge is 0.497 e. The van der Waals surface area contributed by atoms with E-state index in [0.717, 1.165) is 17.1 Å². The molecule has 0 aromatic heterocycles. The molecule has 21 heavy (non-hydrogen) atoms. The fourth-order valence-corrected chi connectivity index (χ4v) is 8.03.